The van der Waals surface area contributed by atoms with Crippen molar-refractivity contribution >= 4 is 5.69 Å². The molecule has 3 rings (SSSR count). The molecule has 1 nitrogen and oxygen atoms in total. The van der Waals surface area contributed by atoms with Crippen LogP contribution in [0.15, 0.2) is 42.5 Å². The number of nitrogens with zero attached hydrogens (tertiary/aromatic N) is 1. The molecule has 19 heavy (non-hydrogen) atoms. The largest absolute Gasteiger partial charge is 0.372 e. The summed E-state index contributed by atoms with van der Waals surface area (Å²) < 4.78 is 0. The Bertz CT molecular complexity index is 560. The van der Waals surface area contributed by atoms with Crippen LogP contribution in [0.25, 0.3) is 11.1 Å². The zero-order valence-electron chi connectivity index (χ0n) is 11.8. The lowest BCUT2D eigenvalue weighted by Gasteiger charge is -2.18. The van der Waals surface area contributed by atoms with E-state index in [2.05, 4.69) is 61.2 Å². The molecule has 2 aromatic carbocycles. The minimum absolute atomic E-state index is 1.20. The van der Waals surface area contributed by atoms with Crippen molar-refractivity contribution in [3.05, 3.63) is 53.6 Å². The Morgan fingerprint density at radius 2 is 1.47 bits per heavy atom. The smallest absolute Gasteiger partial charge is 0.0372 e. The molecule has 1 aliphatic heterocycles. The second kappa shape index (κ2) is 5.08. The van der Waals surface area contributed by atoms with E-state index in [1.165, 1.54) is 53.9 Å². The van der Waals surface area contributed by atoms with Gasteiger partial charge in [-0.15, -0.1) is 0 Å². The predicted octanol–water partition coefficient (Wildman–Crippen LogP) is 4.57. The Morgan fingerprint density at radius 1 is 0.789 bits per heavy atom. The minimum atomic E-state index is 1.20. The van der Waals surface area contributed by atoms with Crippen molar-refractivity contribution in [2.75, 3.05) is 18.0 Å². The van der Waals surface area contributed by atoms with Crippen LogP contribution in [0.1, 0.15) is 24.0 Å². The first-order chi connectivity index (χ1) is 9.22. The van der Waals surface area contributed by atoms with Gasteiger partial charge in [-0.3, -0.25) is 0 Å². The summed E-state index contributed by atoms with van der Waals surface area (Å²) >= 11 is 0. The molecule has 0 bridgehead atoms. The van der Waals surface area contributed by atoms with Crippen LogP contribution < -0.4 is 4.90 Å². The van der Waals surface area contributed by atoms with E-state index < -0.39 is 0 Å². The maximum atomic E-state index is 2.49. The van der Waals surface area contributed by atoms with E-state index in [4.69, 9.17) is 0 Å². The molecular formula is C18H21N. The van der Waals surface area contributed by atoms with Gasteiger partial charge in [0.15, 0.2) is 0 Å². The lowest BCUT2D eigenvalue weighted by molar-refractivity contribution is 0.949. The maximum Gasteiger partial charge on any atom is 0.0372 e. The molecule has 98 valence electrons. The number of anilines is 1. The molecule has 0 atom stereocenters. The first-order valence-corrected chi connectivity index (χ1v) is 7.16. The molecule has 1 heteroatoms. The van der Waals surface area contributed by atoms with E-state index >= 15 is 0 Å². The first-order valence-electron chi connectivity index (χ1n) is 7.16. The Hall–Kier alpha value is -1.76. The molecule has 1 heterocycles. The van der Waals surface area contributed by atoms with Crippen LogP contribution in [-0.4, -0.2) is 13.1 Å². The second-order valence-electron chi connectivity index (χ2n) is 5.62. The van der Waals surface area contributed by atoms with Gasteiger partial charge in [0.05, 0.1) is 0 Å². The zero-order valence-corrected chi connectivity index (χ0v) is 11.8. The van der Waals surface area contributed by atoms with Crippen LogP contribution in [0, 0.1) is 13.8 Å². The molecule has 2 aromatic rings. The fraction of sp³-hybridized carbons (Fsp3) is 0.333. The lowest BCUT2D eigenvalue weighted by atomic mass is 10.0. The van der Waals surface area contributed by atoms with Crippen molar-refractivity contribution in [2.45, 2.75) is 26.7 Å². The second-order valence-corrected chi connectivity index (χ2v) is 5.62. The SMILES string of the molecule is Cc1cc(C)cc(-c2cccc(N3CCCC3)c2)c1. The Morgan fingerprint density at radius 3 is 2.16 bits per heavy atom. The Kier molecular flexibility index (Phi) is 3.29. The molecule has 0 unspecified atom stereocenters. The summed E-state index contributed by atoms with van der Waals surface area (Å²) in [7, 11) is 0. The van der Waals surface area contributed by atoms with Crippen molar-refractivity contribution < 1.29 is 0 Å². The summed E-state index contributed by atoms with van der Waals surface area (Å²) in [6.07, 6.45) is 2.65. The van der Waals surface area contributed by atoms with Gasteiger partial charge in [-0.05, 0) is 49.9 Å². The van der Waals surface area contributed by atoms with Crippen molar-refractivity contribution in [3.8, 4) is 11.1 Å². The maximum absolute atomic E-state index is 2.49. The van der Waals surface area contributed by atoms with Crippen LogP contribution in [-0.2, 0) is 0 Å². The van der Waals surface area contributed by atoms with E-state index in [9.17, 15) is 0 Å². The Balaban J connectivity index is 1.98. The van der Waals surface area contributed by atoms with E-state index in [-0.39, 0.29) is 0 Å². The third-order valence-corrected chi connectivity index (χ3v) is 3.87. The monoisotopic (exact) mass is 251 g/mol. The fourth-order valence-electron chi connectivity index (χ4n) is 3.00. The summed E-state index contributed by atoms with van der Waals surface area (Å²) in [5.74, 6) is 0. The summed E-state index contributed by atoms with van der Waals surface area (Å²) in [5.41, 5.74) is 6.70. The highest BCUT2D eigenvalue weighted by Gasteiger charge is 2.12. The first kappa shape index (κ1) is 12.3. The lowest BCUT2D eigenvalue weighted by Crippen LogP contribution is -2.17. The van der Waals surface area contributed by atoms with Gasteiger partial charge in [-0.25, -0.2) is 0 Å². The average molecular weight is 251 g/mol. The van der Waals surface area contributed by atoms with Crippen molar-refractivity contribution in [1.82, 2.24) is 0 Å². The van der Waals surface area contributed by atoms with Gasteiger partial charge in [0, 0.05) is 18.8 Å². The van der Waals surface area contributed by atoms with Crippen LogP contribution in [0.2, 0.25) is 0 Å². The zero-order chi connectivity index (χ0) is 13.2. The van der Waals surface area contributed by atoms with Crippen LogP contribution >= 0.6 is 0 Å². The topological polar surface area (TPSA) is 3.24 Å². The van der Waals surface area contributed by atoms with Gasteiger partial charge in [-0.2, -0.15) is 0 Å². The molecular weight excluding hydrogens is 230 g/mol. The molecule has 0 radical (unpaired) electrons. The van der Waals surface area contributed by atoms with Gasteiger partial charge >= 0.3 is 0 Å². The van der Waals surface area contributed by atoms with E-state index in [1.54, 1.807) is 0 Å². The van der Waals surface area contributed by atoms with Gasteiger partial charge in [-0.1, -0.05) is 41.5 Å². The standard InChI is InChI=1S/C18H21N/c1-14-10-15(2)12-17(11-14)16-6-5-7-18(13-16)19-8-3-4-9-19/h5-7,10-13H,3-4,8-9H2,1-2H3. The quantitative estimate of drug-likeness (QED) is 0.755. The molecule has 0 amide bonds. The summed E-state index contributed by atoms with van der Waals surface area (Å²) in [5, 5.41) is 0. The summed E-state index contributed by atoms with van der Waals surface area (Å²) in [6, 6.07) is 15.7. The van der Waals surface area contributed by atoms with Crippen LogP contribution in [0.5, 0.6) is 0 Å². The molecule has 0 spiro atoms. The number of aryl methyl sites for hydroxylation is 2. The predicted molar refractivity (Wildman–Crippen MR) is 82.8 cm³/mol. The van der Waals surface area contributed by atoms with Gasteiger partial charge in [0.25, 0.3) is 0 Å². The fourth-order valence-corrected chi connectivity index (χ4v) is 3.00. The summed E-state index contributed by atoms with van der Waals surface area (Å²) in [6.45, 7) is 6.74. The number of hydrogen-bond donors (Lipinski definition) is 0. The van der Waals surface area contributed by atoms with Gasteiger partial charge in [0.2, 0.25) is 0 Å². The van der Waals surface area contributed by atoms with Crippen LogP contribution in [0.3, 0.4) is 0 Å². The highest BCUT2D eigenvalue weighted by molar-refractivity contribution is 5.69. The third kappa shape index (κ3) is 2.65. The summed E-state index contributed by atoms with van der Waals surface area (Å²) in [4.78, 5) is 2.49. The van der Waals surface area contributed by atoms with Gasteiger partial charge < -0.3 is 4.90 Å². The van der Waals surface area contributed by atoms with Crippen LogP contribution in [0.4, 0.5) is 5.69 Å². The van der Waals surface area contributed by atoms with E-state index in [0.717, 1.165) is 0 Å². The van der Waals surface area contributed by atoms with E-state index in [1.807, 2.05) is 0 Å². The number of hydrogen-bond acceptors (Lipinski definition) is 1. The highest BCUT2D eigenvalue weighted by Crippen LogP contribution is 2.28. The average Bonchev–Trinajstić information content (AvgIpc) is 2.92. The third-order valence-electron chi connectivity index (χ3n) is 3.87. The molecule has 1 fully saturated rings. The minimum Gasteiger partial charge on any atom is -0.372 e. The van der Waals surface area contributed by atoms with E-state index in [0.29, 0.717) is 0 Å². The van der Waals surface area contributed by atoms with Crippen molar-refractivity contribution in [2.24, 2.45) is 0 Å². The highest BCUT2D eigenvalue weighted by atomic mass is 15.1. The van der Waals surface area contributed by atoms with Crippen molar-refractivity contribution in [1.29, 1.82) is 0 Å². The number of rotatable bonds is 2. The van der Waals surface area contributed by atoms with Gasteiger partial charge in [0.1, 0.15) is 0 Å². The molecule has 0 aromatic heterocycles. The molecule has 0 saturated carbocycles. The number of benzene rings is 2. The molecule has 1 saturated heterocycles. The normalized spacial score (nSPS) is 14.9. The molecule has 1 aliphatic rings. The molecule has 0 N–H and O–H groups in total. The van der Waals surface area contributed by atoms with Crippen molar-refractivity contribution in [3.63, 3.8) is 0 Å². The Labute approximate surface area is 115 Å². The molecule has 0 aliphatic carbocycles.